The van der Waals surface area contributed by atoms with Gasteiger partial charge in [0, 0.05) is 37.3 Å². The van der Waals surface area contributed by atoms with E-state index >= 15 is 0 Å². The predicted octanol–water partition coefficient (Wildman–Crippen LogP) is 5.55. The molecule has 0 heterocycles. The van der Waals surface area contributed by atoms with Crippen molar-refractivity contribution < 1.29 is 23.8 Å². The molecule has 0 saturated carbocycles. The second-order valence-corrected chi connectivity index (χ2v) is 10.9. The van der Waals surface area contributed by atoms with Crippen LogP contribution in [0.25, 0.3) is 0 Å². The van der Waals surface area contributed by atoms with Gasteiger partial charge in [0.05, 0.1) is 24.3 Å². The number of carbonyl (C=O) groups excluding carboxylic acids is 2. The molecule has 3 N–H and O–H groups in total. The van der Waals surface area contributed by atoms with Gasteiger partial charge < -0.3 is 25.4 Å². The van der Waals surface area contributed by atoms with Gasteiger partial charge in [-0.15, -0.1) is 0 Å². The summed E-state index contributed by atoms with van der Waals surface area (Å²) >= 11 is 5.87. The summed E-state index contributed by atoms with van der Waals surface area (Å²) in [6.07, 6.45) is 0.831. The van der Waals surface area contributed by atoms with Gasteiger partial charge in [-0.2, -0.15) is 0 Å². The fourth-order valence-corrected chi connectivity index (χ4v) is 4.94. The van der Waals surface area contributed by atoms with Crippen LogP contribution in [0.3, 0.4) is 0 Å². The number of hydrogen-bond donors (Lipinski definition) is 3. The fraction of sp³-hybridized carbons (Fsp3) is 0.394. The average molecular weight is 598 g/mol. The third-order valence-corrected chi connectivity index (χ3v) is 7.20. The number of amides is 2. The van der Waals surface area contributed by atoms with Crippen molar-refractivity contribution in [3.8, 4) is 5.75 Å². The van der Waals surface area contributed by atoms with E-state index in [0.717, 1.165) is 29.7 Å². The molecule has 0 saturated heterocycles. The minimum Gasteiger partial charge on any atom is -0.497 e. The smallest absolute Gasteiger partial charge is 0.253 e. The standard InChI is InChI=1S/C33H41ClFN3O4/c1-5-12-38(13-6-2)33(41)26-15-22(3)14-25(19-26)32(40)37-30(18-23-10-11-28(34)29(35)17-23)31(39)21-36-20-24-8-7-9-27(16-24)42-4/h7-11,14-17,19,30-31,36,39H,5-6,12-13,18,20-21H2,1-4H3,(H,37,40)/t30-,31+/m0/s1. The number of nitrogens with one attached hydrogen (secondary N) is 2. The number of aliphatic hydroxyl groups excluding tert-OH is 1. The van der Waals surface area contributed by atoms with Crippen LogP contribution < -0.4 is 15.4 Å². The fourth-order valence-electron chi connectivity index (χ4n) is 4.82. The molecule has 0 aliphatic heterocycles. The first-order chi connectivity index (χ1) is 20.1. The van der Waals surface area contributed by atoms with Crippen LogP contribution in [-0.2, 0) is 13.0 Å². The summed E-state index contributed by atoms with van der Waals surface area (Å²) in [7, 11) is 1.60. The van der Waals surface area contributed by atoms with Crippen molar-refractivity contribution in [1.29, 1.82) is 0 Å². The van der Waals surface area contributed by atoms with E-state index in [1.165, 1.54) is 12.1 Å². The summed E-state index contributed by atoms with van der Waals surface area (Å²) in [5, 5.41) is 17.3. The maximum absolute atomic E-state index is 14.2. The quantitative estimate of drug-likeness (QED) is 0.214. The Bertz CT molecular complexity index is 1350. The van der Waals surface area contributed by atoms with Gasteiger partial charge in [-0.05, 0) is 85.3 Å². The molecule has 3 aromatic carbocycles. The number of hydrogen-bond acceptors (Lipinski definition) is 5. The Kier molecular flexibility index (Phi) is 12.8. The molecule has 2 atom stereocenters. The molecular formula is C33H41ClFN3O4. The zero-order valence-corrected chi connectivity index (χ0v) is 25.5. The van der Waals surface area contributed by atoms with Crippen molar-refractivity contribution in [2.45, 2.75) is 58.7 Å². The number of carbonyl (C=O) groups is 2. The molecule has 0 aromatic heterocycles. The Balaban J connectivity index is 1.80. The largest absolute Gasteiger partial charge is 0.497 e. The van der Waals surface area contributed by atoms with Gasteiger partial charge in [-0.1, -0.05) is 43.6 Å². The topological polar surface area (TPSA) is 90.9 Å². The average Bonchev–Trinajstić information content (AvgIpc) is 2.97. The highest BCUT2D eigenvalue weighted by atomic mass is 35.5. The second-order valence-electron chi connectivity index (χ2n) is 10.5. The van der Waals surface area contributed by atoms with E-state index < -0.39 is 23.9 Å². The van der Waals surface area contributed by atoms with Crippen LogP contribution in [-0.4, -0.2) is 60.7 Å². The van der Waals surface area contributed by atoms with E-state index in [4.69, 9.17) is 16.3 Å². The Hall–Kier alpha value is -3.46. The molecule has 0 fully saturated rings. The molecule has 0 aliphatic rings. The molecule has 0 aliphatic carbocycles. The van der Waals surface area contributed by atoms with Crippen molar-refractivity contribution in [3.05, 3.63) is 99.3 Å². The summed E-state index contributed by atoms with van der Waals surface area (Å²) in [6.45, 7) is 7.79. The van der Waals surface area contributed by atoms with E-state index in [9.17, 15) is 19.1 Å². The molecule has 226 valence electrons. The molecule has 0 bridgehead atoms. The van der Waals surface area contributed by atoms with Crippen LogP contribution in [0.1, 0.15) is 64.1 Å². The van der Waals surface area contributed by atoms with Crippen molar-refractivity contribution in [1.82, 2.24) is 15.5 Å². The van der Waals surface area contributed by atoms with Crippen LogP contribution >= 0.6 is 11.6 Å². The van der Waals surface area contributed by atoms with Crippen LogP contribution in [0.15, 0.2) is 60.7 Å². The third kappa shape index (κ3) is 9.54. The maximum Gasteiger partial charge on any atom is 0.253 e. The summed E-state index contributed by atoms with van der Waals surface area (Å²) < 4.78 is 19.5. The van der Waals surface area contributed by atoms with Crippen LogP contribution in [0.2, 0.25) is 5.02 Å². The predicted molar refractivity (Wildman–Crippen MR) is 165 cm³/mol. The number of nitrogens with zero attached hydrogens (tertiary/aromatic N) is 1. The molecular weight excluding hydrogens is 557 g/mol. The highest BCUT2D eigenvalue weighted by Gasteiger charge is 2.24. The SMILES string of the molecule is CCCN(CCC)C(=O)c1cc(C)cc(C(=O)N[C@@H](Cc2ccc(Cl)c(F)c2)[C@H](O)CNCc2cccc(OC)c2)c1. The lowest BCUT2D eigenvalue weighted by Crippen LogP contribution is -2.48. The second kappa shape index (κ2) is 16.2. The lowest BCUT2D eigenvalue weighted by Gasteiger charge is -2.25. The first kappa shape index (κ1) is 33.0. The zero-order valence-electron chi connectivity index (χ0n) is 24.8. The minimum absolute atomic E-state index is 0.00279. The van der Waals surface area contributed by atoms with Gasteiger partial charge in [0.1, 0.15) is 11.6 Å². The highest BCUT2D eigenvalue weighted by molar-refractivity contribution is 6.30. The minimum atomic E-state index is -1.01. The van der Waals surface area contributed by atoms with Crippen molar-refractivity contribution in [2.75, 3.05) is 26.7 Å². The molecule has 3 aromatic rings. The molecule has 0 spiro atoms. The Morgan fingerprint density at radius 1 is 1.00 bits per heavy atom. The molecule has 42 heavy (non-hydrogen) atoms. The Labute approximate surface area is 253 Å². The van der Waals surface area contributed by atoms with Crippen LogP contribution in [0.4, 0.5) is 4.39 Å². The first-order valence-electron chi connectivity index (χ1n) is 14.3. The Morgan fingerprint density at radius 3 is 2.38 bits per heavy atom. The van der Waals surface area contributed by atoms with E-state index in [1.807, 2.05) is 45.0 Å². The van der Waals surface area contributed by atoms with Gasteiger partial charge in [-0.25, -0.2) is 4.39 Å². The number of ether oxygens (including phenoxy) is 1. The van der Waals surface area contributed by atoms with E-state index in [1.54, 1.807) is 36.3 Å². The maximum atomic E-state index is 14.2. The molecule has 0 radical (unpaired) electrons. The Morgan fingerprint density at radius 2 is 1.71 bits per heavy atom. The first-order valence-corrected chi connectivity index (χ1v) is 14.7. The number of benzene rings is 3. The lowest BCUT2D eigenvalue weighted by atomic mass is 9.99. The number of rotatable bonds is 15. The number of aryl methyl sites for hydroxylation is 1. The van der Waals surface area contributed by atoms with Gasteiger partial charge in [0.15, 0.2) is 0 Å². The van der Waals surface area contributed by atoms with E-state index in [0.29, 0.717) is 36.3 Å². The zero-order chi connectivity index (χ0) is 30.6. The van der Waals surface area contributed by atoms with Crippen molar-refractivity contribution in [2.24, 2.45) is 0 Å². The molecule has 3 rings (SSSR count). The summed E-state index contributed by atoms with van der Waals surface area (Å²) in [4.78, 5) is 28.6. The van der Waals surface area contributed by atoms with E-state index in [2.05, 4.69) is 10.6 Å². The van der Waals surface area contributed by atoms with Gasteiger partial charge in [-0.3, -0.25) is 9.59 Å². The molecule has 7 nitrogen and oxygen atoms in total. The highest BCUT2D eigenvalue weighted by Crippen LogP contribution is 2.19. The number of aliphatic hydroxyl groups is 1. The molecule has 2 amide bonds. The molecule has 0 unspecified atom stereocenters. The normalized spacial score (nSPS) is 12.5. The van der Waals surface area contributed by atoms with Gasteiger partial charge in [0.25, 0.3) is 11.8 Å². The van der Waals surface area contributed by atoms with Gasteiger partial charge in [0.2, 0.25) is 0 Å². The van der Waals surface area contributed by atoms with Crippen LogP contribution in [0, 0.1) is 12.7 Å². The number of halogens is 2. The molecule has 9 heteroatoms. The summed E-state index contributed by atoms with van der Waals surface area (Å²) in [6, 6.07) is 16.3. The monoisotopic (exact) mass is 597 g/mol. The summed E-state index contributed by atoms with van der Waals surface area (Å²) in [5.74, 6) is -0.397. The van der Waals surface area contributed by atoms with Crippen LogP contribution in [0.5, 0.6) is 5.75 Å². The van der Waals surface area contributed by atoms with Gasteiger partial charge >= 0.3 is 0 Å². The van der Waals surface area contributed by atoms with E-state index in [-0.39, 0.29) is 23.9 Å². The summed E-state index contributed by atoms with van der Waals surface area (Å²) in [5.41, 5.74) is 3.08. The van der Waals surface area contributed by atoms with Crippen molar-refractivity contribution >= 4 is 23.4 Å². The number of methoxy groups -OCH3 is 1. The lowest BCUT2D eigenvalue weighted by molar-refractivity contribution is 0.0755. The van der Waals surface area contributed by atoms with Crippen molar-refractivity contribution in [3.63, 3.8) is 0 Å². The third-order valence-electron chi connectivity index (χ3n) is 6.90.